The molecule has 0 heterocycles. The molecular weight excluding hydrogens is 238 g/mol. The predicted octanol–water partition coefficient (Wildman–Crippen LogP) is 0.447. The van der Waals surface area contributed by atoms with Gasteiger partial charge in [0.2, 0.25) is 5.91 Å². The molecule has 0 saturated heterocycles. The van der Waals surface area contributed by atoms with E-state index in [9.17, 15) is 9.59 Å². The average Bonchev–Trinajstić information content (AvgIpc) is 2.35. The molecule has 98 valence electrons. The van der Waals surface area contributed by atoms with Crippen LogP contribution in [0.1, 0.15) is 5.56 Å². The number of carboxylic acid groups (broad SMARTS) is 1. The van der Waals surface area contributed by atoms with Gasteiger partial charge in [0.1, 0.15) is 18.0 Å². The lowest BCUT2D eigenvalue weighted by molar-refractivity contribution is -0.137. The second kappa shape index (κ2) is 6.48. The van der Waals surface area contributed by atoms with Crippen molar-refractivity contribution in [1.82, 2.24) is 5.32 Å². The maximum absolute atomic E-state index is 11.5. The summed E-state index contributed by atoms with van der Waals surface area (Å²) in [4.78, 5) is 21.8. The fourth-order valence-corrected chi connectivity index (χ4v) is 1.39. The van der Waals surface area contributed by atoms with E-state index in [1.54, 1.807) is 18.2 Å². The molecule has 6 nitrogen and oxygen atoms in total. The highest BCUT2D eigenvalue weighted by molar-refractivity contribution is 5.82. The van der Waals surface area contributed by atoms with E-state index in [-0.39, 0.29) is 18.9 Å². The van der Waals surface area contributed by atoms with Crippen LogP contribution < -0.4 is 14.8 Å². The SMILES string of the molecule is COc1cc(CC(=O)NCC(=O)O)cc(OC)c1. The molecule has 0 aliphatic carbocycles. The van der Waals surface area contributed by atoms with E-state index in [1.807, 2.05) is 0 Å². The van der Waals surface area contributed by atoms with Gasteiger partial charge >= 0.3 is 5.97 Å². The summed E-state index contributed by atoms with van der Waals surface area (Å²) >= 11 is 0. The van der Waals surface area contributed by atoms with Crippen LogP contribution in [0.4, 0.5) is 0 Å². The van der Waals surface area contributed by atoms with E-state index in [4.69, 9.17) is 14.6 Å². The van der Waals surface area contributed by atoms with Gasteiger partial charge in [-0.05, 0) is 17.7 Å². The number of carboxylic acids is 1. The van der Waals surface area contributed by atoms with E-state index in [0.29, 0.717) is 17.1 Å². The van der Waals surface area contributed by atoms with Crippen LogP contribution in [0.25, 0.3) is 0 Å². The molecule has 0 aromatic heterocycles. The van der Waals surface area contributed by atoms with Crippen LogP contribution in [-0.4, -0.2) is 37.7 Å². The smallest absolute Gasteiger partial charge is 0.322 e. The Morgan fingerprint density at radius 1 is 1.17 bits per heavy atom. The first-order valence-electron chi connectivity index (χ1n) is 5.25. The van der Waals surface area contributed by atoms with E-state index in [2.05, 4.69) is 5.32 Å². The average molecular weight is 253 g/mol. The number of hydrogen-bond acceptors (Lipinski definition) is 4. The van der Waals surface area contributed by atoms with E-state index in [1.165, 1.54) is 14.2 Å². The molecule has 0 spiro atoms. The second-order valence-electron chi connectivity index (χ2n) is 3.57. The van der Waals surface area contributed by atoms with Crippen molar-refractivity contribution in [2.24, 2.45) is 0 Å². The molecule has 1 aromatic rings. The largest absolute Gasteiger partial charge is 0.497 e. The molecule has 1 rings (SSSR count). The molecule has 0 unspecified atom stereocenters. The van der Waals surface area contributed by atoms with Crippen molar-refractivity contribution in [3.8, 4) is 11.5 Å². The molecule has 0 saturated carbocycles. The molecule has 0 bridgehead atoms. The Labute approximate surface area is 105 Å². The van der Waals surface area contributed by atoms with Crippen molar-refractivity contribution in [3.63, 3.8) is 0 Å². The Balaban J connectivity index is 2.71. The number of ether oxygens (including phenoxy) is 2. The predicted molar refractivity (Wildman–Crippen MR) is 63.9 cm³/mol. The summed E-state index contributed by atoms with van der Waals surface area (Å²) in [6, 6.07) is 5.09. The summed E-state index contributed by atoms with van der Waals surface area (Å²) in [5, 5.41) is 10.7. The number of carbonyl (C=O) groups is 2. The Morgan fingerprint density at radius 2 is 1.72 bits per heavy atom. The molecule has 6 heteroatoms. The van der Waals surface area contributed by atoms with Crippen LogP contribution in [-0.2, 0) is 16.0 Å². The Bertz CT molecular complexity index is 422. The summed E-state index contributed by atoms with van der Waals surface area (Å²) in [6.07, 6.45) is 0.0703. The minimum Gasteiger partial charge on any atom is -0.497 e. The highest BCUT2D eigenvalue weighted by atomic mass is 16.5. The first kappa shape index (κ1) is 13.8. The van der Waals surface area contributed by atoms with Gasteiger partial charge in [0.05, 0.1) is 20.6 Å². The molecule has 2 N–H and O–H groups in total. The topological polar surface area (TPSA) is 84.9 Å². The number of hydrogen-bond donors (Lipinski definition) is 2. The standard InChI is InChI=1S/C12H15NO5/c1-17-9-3-8(4-10(6-9)18-2)5-11(14)13-7-12(15)16/h3-4,6H,5,7H2,1-2H3,(H,13,14)(H,15,16). The van der Waals surface area contributed by atoms with Crippen LogP contribution >= 0.6 is 0 Å². The van der Waals surface area contributed by atoms with Crippen LogP contribution in [0.5, 0.6) is 11.5 Å². The minimum absolute atomic E-state index is 0.0703. The highest BCUT2D eigenvalue weighted by Gasteiger charge is 2.08. The fourth-order valence-electron chi connectivity index (χ4n) is 1.39. The third-order valence-corrected chi connectivity index (χ3v) is 2.21. The van der Waals surface area contributed by atoms with Crippen LogP contribution in [0.15, 0.2) is 18.2 Å². The van der Waals surface area contributed by atoms with Crippen molar-refractivity contribution in [3.05, 3.63) is 23.8 Å². The Morgan fingerprint density at radius 3 is 2.17 bits per heavy atom. The molecule has 1 amide bonds. The maximum Gasteiger partial charge on any atom is 0.322 e. The van der Waals surface area contributed by atoms with Crippen molar-refractivity contribution >= 4 is 11.9 Å². The first-order valence-corrected chi connectivity index (χ1v) is 5.25. The van der Waals surface area contributed by atoms with Crippen molar-refractivity contribution in [1.29, 1.82) is 0 Å². The molecule has 0 atom stereocenters. The first-order chi connectivity index (χ1) is 8.55. The van der Waals surface area contributed by atoms with Crippen LogP contribution in [0.3, 0.4) is 0 Å². The van der Waals surface area contributed by atoms with Gasteiger partial charge in [0.25, 0.3) is 0 Å². The summed E-state index contributed by atoms with van der Waals surface area (Å²) in [6.45, 7) is -0.389. The van der Waals surface area contributed by atoms with E-state index in [0.717, 1.165) is 0 Å². The number of carbonyl (C=O) groups excluding carboxylic acids is 1. The third kappa shape index (κ3) is 4.32. The van der Waals surface area contributed by atoms with Crippen molar-refractivity contribution < 1.29 is 24.2 Å². The number of rotatable bonds is 6. The molecule has 0 fully saturated rings. The Hall–Kier alpha value is -2.24. The summed E-state index contributed by atoms with van der Waals surface area (Å²) in [7, 11) is 3.03. The van der Waals surface area contributed by atoms with E-state index >= 15 is 0 Å². The molecule has 1 aromatic carbocycles. The lowest BCUT2D eigenvalue weighted by Crippen LogP contribution is -2.30. The summed E-state index contributed by atoms with van der Waals surface area (Å²) in [5.74, 6) is -0.287. The number of amides is 1. The molecule has 0 radical (unpaired) electrons. The van der Waals surface area contributed by atoms with E-state index < -0.39 is 5.97 Å². The van der Waals surface area contributed by atoms with Crippen molar-refractivity contribution in [2.75, 3.05) is 20.8 Å². The number of aliphatic carboxylic acids is 1. The zero-order valence-corrected chi connectivity index (χ0v) is 10.2. The Kier molecular flexibility index (Phi) is 4.98. The third-order valence-electron chi connectivity index (χ3n) is 2.21. The van der Waals surface area contributed by atoms with Crippen LogP contribution in [0.2, 0.25) is 0 Å². The lowest BCUT2D eigenvalue weighted by Gasteiger charge is -2.08. The highest BCUT2D eigenvalue weighted by Crippen LogP contribution is 2.22. The molecule has 0 aliphatic heterocycles. The van der Waals surface area contributed by atoms with Gasteiger partial charge in [0.15, 0.2) is 0 Å². The molecule has 0 aliphatic rings. The monoisotopic (exact) mass is 253 g/mol. The number of nitrogens with one attached hydrogen (secondary N) is 1. The molecular formula is C12H15NO5. The van der Waals surface area contributed by atoms with Gasteiger partial charge in [-0.2, -0.15) is 0 Å². The second-order valence-corrected chi connectivity index (χ2v) is 3.57. The quantitative estimate of drug-likeness (QED) is 0.768. The van der Waals surface area contributed by atoms with Gasteiger partial charge in [-0.25, -0.2) is 0 Å². The van der Waals surface area contributed by atoms with Gasteiger partial charge in [-0.3, -0.25) is 9.59 Å². The number of benzene rings is 1. The van der Waals surface area contributed by atoms with Gasteiger partial charge in [-0.1, -0.05) is 0 Å². The minimum atomic E-state index is -1.08. The van der Waals surface area contributed by atoms with Gasteiger partial charge < -0.3 is 19.9 Å². The van der Waals surface area contributed by atoms with Crippen molar-refractivity contribution in [2.45, 2.75) is 6.42 Å². The lowest BCUT2D eigenvalue weighted by atomic mass is 10.1. The van der Waals surface area contributed by atoms with Gasteiger partial charge in [-0.15, -0.1) is 0 Å². The zero-order chi connectivity index (χ0) is 13.5. The summed E-state index contributed by atoms with van der Waals surface area (Å²) < 4.78 is 10.1. The maximum atomic E-state index is 11.5. The molecule has 18 heavy (non-hydrogen) atoms. The summed E-state index contributed by atoms with van der Waals surface area (Å²) in [5.41, 5.74) is 0.689. The van der Waals surface area contributed by atoms with Crippen LogP contribution in [0, 0.1) is 0 Å². The fraction of sp³-hybridized carbons (Fsp3) is 0.333. The normalized spacial score (nSPS) is 9.67. The van der Waals surface area contributed by atoms with Gasteiger partial charge in [0, 0.05) is 6.07 Å². The number of methoxy groups -OCH3 is 2. The zero-order valence-electron chi connectivity index (χ0n) is 10.2.